The van der Waals surface area contributed by atoms with Crippen molar-refractivity contribution in [1.82, 2.24) is 19.9 Å². The van der Waals surface area contributed by atoms with Crippen LogP contribution in [-0.2, 0) is 13.8 Å². The fourth-order valence-electron chi connectivity index (χ4n) is 1.86. The smallest absolute Gasteiger partial charge is 0.382 e. The highest BCUT2D eigenvalue weighted by molar-refractivity contribution is 7.24. The van der Waals surface area contributed by atoms with E-state index in [-0.39, 0.29) is 25.0 Å². The van der Waals surface area contributed by atoms with E-state index >= 15 is 0 Å². The highest BCUT2D eigenvalue weighted by Crippen LogP contribution is 2.26. The molecule has 127 valence electrons. The van der Waals surface area contributed by atoms with Crippen molar-refractivity contribution in [2.45, 2.75) is 39.5 Å². The first-order valence-electron chi connectivity index (χ1n) is 6.73. The molecule has 11 heteroatoms. The van der Waals surface area contributed by atoms with Crippen LogP contribution in [0.15, 0.2) is 0 Å². The first-order chi connectivity index (χ1) is 10.7. The van der Waals surface area contributed by atoms with Crippen LogP contribution in [0.5, 0.6) is 0 Å². The SMILES string of the molecule is CC(C)c1nc2nc(N)nc(N)c2nc1C(C)C.O=P(=O)OO.[H]. The van der Waals surface area contributed by atoms with Gasteiger partial charge >= 0.3 is 7.91 Å². The number of nitrogen functional groups attached to an aromatic ring is 2. The third-order valence-corrected chi connectivity index (χ3v) is 2.92. The molecule has 2 rings (SSSR count). The van der Waals surface area contributed by atoms with Crippen LogP contribution in [0.4, 0.5) is 11.8 Å². The zero-order valence-electron chi connectivity index (χ0n) is 14.2. The molecule has 0 spiro atoms. The van der Waals surface area contributed by atoms with Crippen LogP contribution in [-0.4, -0.2) is 25.2 Å². The van der Waals surface area contributed by atoms with Crippen molar-refractivity contribution < 1.29 is 20.5 Å². The molecule has 0 unspecified atom stereocenters. The Balaban J connectivity index is 0.000000777. The molecule has 0 aliphatic carbocycles. The van der Waals surface area contributed by atoms with Crippen LogP contribution in [0.3, 0.4) is 0 Å². The normalized spacial score (nSPS) is 10.7. The summed E-state index contributed by atoms with van der Waals surface area (Å²) in [4.78, 5) is 17.1. The average molecular weight is 343 g/mol. The molecule has 23 heavy (non-hydrogen) atoms. The van der Waals surface area contributed by atoms with Crippen molar-refractivity contribution >= 4 is 30.8 Å². The zero-order chi connectivity index (χ0) is 17.7. The molecule has 0 bridgehead atoms. The second kappa shape index (κ2) is 7.91. The molecule has 0 aromatic carbocycles. The Bertz CT molecular complexity index is 761. The minimum absolute atomic E-state index is 0. The lowest BCUT2D eigenvalue weighted by atomic mass is 10.0. The van der Waals surface area contributed by atoms with Gasteiger partial charge in [0.05, 0.1) is 11.4 Å². The molecule has 0 amide bonds. The van der Waals surface area contributed by atoms with E-state index in [2.05, 4.69) is 52.3 Å². The van der Waals surface area contributed by atoms with E-state index in [0.717, 1.165) is 11.4 Å². The van der Waals surface area contributed by atoms with Gasteiger partial charge in [0.2, 0.25) is 5.95 Å². The molecular weight excluding hydrogens is 323 g/mol. The summed E-state index contributed by atoms with van der Waals surface area (Å²) in [5.41, 5.74) is 14.3. The monoisotopic (exact) mass is 343 g/mol. The standard InChI is InChI=1S/C12H18N6.HO4P.H/c1-5(2)7-8(6(3)4)16-11-9(15-7)10(13)17-12(14)18-11;1-4-5(2)3;/h5-6H,1-4H3,(H4,13,14,16,17,18);1H;. The van der Waals surface area contributed by atoms with Gasteiger partial charge in [-0.05, 0) is 11.8 Å². The summed E-state index contributed by atoms with van der Waals surface area (Å²) in [6, 6.07) is 0. The fraction of sp³-hybridized carbons (Fsp3) is 0.500. The van der Waals surface area contributed by atoms with Crippen LogP contribution in [0, 0.1) is 0 Å². The van der Waals surface area contributed by atoms with Crippen molar-refractivity contribution in [3.05, 3.63) is 11.4 Å². The topological polar surface area (TPSA) is 167 Å². The number of anilines is 2. The van der Waals surface area contributed by atoms with E-state index in [0.29, 0.717) is 11.2 Å². The van der Waals surface area contributed by atoms with Gasteiger partial charge in [0.1, 0.15) is 0 Å². The summed E-state index contributed by atoms with van der Waals surface area (Å²) in [5, 5.41) is 7.05. The van der Waals surface area contributed by atoms with Crippen LogP contribution in [0.25, 0.3) is 11.2 Å². The lowest BCUT2D eigenvalue weighted by Crippen LogP contribution is -2.10. The Hall–Kier alpha value is -2.16. The van der Waals surface area contributed by atoms with E-state index in [1.54, 1.807) is 0 Å². The number of rotatable bonds is 3. The Morgan fingerprint density at radius 2 is 1.48 bits per heavy atom. The second-order valence-corrected chi connectivity index (χ2v) is 5.86. The molecule has 0 fully saturated rings. The van der Waals surface area contributed by atoms with Crippen molar-refractivity contribution in [3.8, 4) is 0 Å². The lowest BCUT2D eigenvalue weighted by molar-refractivity contribution is -0.132. The molecule has 0 aliphatic heterocycles. The largest absolute Gasteiger partial charge is 0.496 e. The lowest BCUT2D eigenvalue weighted by Gasteiger charge is -2.14. The second-order valence-electron chi connectivity index (χ2n) is 5.25. The Morgan fingerprint density at radius 3 is 1.91 bits per heavy atom. The van der Waals surface area contributed by atoms with E-state index in [4.69, 9.17) is 25.9 Å². The summed E-state index contributed by atoms with van der Waals surface area (Å²) in [5.74, 6) is 0.955. The molecule has 10 nitrogen and oxygen atoms in total. The summed E-state index contributed by atoms with van der Waals surface area (Å²) >= 11 is 0. The number of fused-ring (bicyclic) bond motifs is 1. The maximum absolute atomic E-state index is 8.93. The van der Waals surface area contributed by atoms with Gasteiger partial charge in [-0.1, -0.05) is 27.7 Å². The predicted molar refractivity (Wildman–Crippen MR) is 85.2 cm³/mol. The Morgan fingerprint density at radius 1 is 1.00 bits per heavy atom. The van der Waals surface area contributed by atoms with Gasteiger partial charge in [0.15, 0.2) is 17.0 Å². The molecule has 2 heterocycles. The quantitative estimate of drug-likeness (QED) is 0.427. The molecule has 2 aromatic heterocycles. The third kappa shape index (κ3) is 4.92. The molecule has 0 saturated heterocycles. The van der Waals surface area contributed by atoms with E-state index in [9.17, 15) is 0 Å². The highest BCUT2D eigenvalue weighted by atomic mass is 31.1. The molecule has 1 radical (unpaired) electrons. The first kappa shape index (κ1) is 18.9. The summed E-state index contributed by atoms with van der Waals surface area (Å²) < 4.78 is 20.6. The molecular formula is C12H20N6O4P. The molecule has 0 atom stereocenters. The van der Waals surface area contributed by atoms with Gasteiger partial charge in [0.25, 0.3) is 0 Å². The van der Waals surface area contributed by atoms with Crippen LogP contribution in [0.1, 0.15) is 52.3 Å². The maximum Gasteiger partial charge on any atom is 0.496 e. The number of hydrogen-bond donors (Lipinski definition) is 3. The first-order valence-corrected chi connectivity index (χ1v) is 7.83. The van der Waals surface area contributed by atoms with Crippen molar-refractivity contribution in [2.24, 2.45) is 0 Å². The van der Waals surface area contributed by atoms with Gasteiger partial charge in [-0.25, -0.2) is 24.4 Å². The number of hydrogen-bond acceptors (Lipinski definition) is 10. The molecule has 0 saturated carbocycles. The van der Waals surface area contributed by atoms with Crippen LogP contribution < -0.4 is 11.5 Å². The molecule has 0 aliphatic rings. The minimum Gasteiger partial charge on any atom is -0.382 e. The van der Waals surface area contributed by atoms with Gasteiger partial charge in [-0.2, -0.15) is 9.97 Å². The summed E-state index contributed by atoms with van der Waals surface area (Å²) in [6.45, 7) is 8.32. The third-order valence-electron chi connectivity index (χ3n) is 2.79. The summed E-state index contributed by atoms with van der Waals surface area (Å²) in [6.07, 6.45) is 0. The number of nitrogens with zero attached hydrogens (tertiary/aromatic N) is 4. The predicted octanol–water partition coefficient (Wildman–Crippen LogP) is 2.51. The maximum atomic E-state index is 8.93. The average Bonchev–Trinajstić information content (AvgIpc) is 2.46. The zero-order valence-corrected chi connectivity index (χ0v) is 14.1. The highest BCUT2D eigenvalue weighted by Gasteiger charge is 2.17. The van der Waals surface area contributed by atoms with Crippen molar-refractivity contribution in [3.63, 3.8) is 0 Å². The Labute approximate surface area is 134 Å². The number of nitrogens with two attached hydrogens (primary N) is 2. The molecule has 5 N–H and O–H groups in total. The van der Waals surface area contributed by atoms with E-state index in [1.165, 1.54) is 0 Å². The van der Waals surface area contributed by atoms with Gasteiger partial charge < -0.3 is 11.5 Å². The van der Waals surface area contributed by atoms with E-state index in [1.807, 2.05) is 0 Å². The molecule has 2 aromatic rings. The van der Waals surface area contributed by atoms with Gasteiger partial charge in [-0.15, -0.1) is 4.67 Å². The van der Waals surface area contributed by atoms with Crippen LogP contribution in [0.2, 0.25) is 0 Å². The van der Waals surface area contributed by atoms with Gasteiger partial charge in [-0.3, -0.25) is 0 Å². The van der Waals surface area contributed by atoms with Crippen molar-refractivity contribution in [2.75, 3.05) is 11.5 Å². The fourth-order valence-corrected chi connectivity index (χ4v) is 1.86. The van der Waals surface area contributed by atoms with E-state index < -0.39 is 7.91 Å². The summed E-state index contributed by atoms with van der Waals surface area (Å²) in [7, 11) is -3.04. The van der Waals surface area contributed by atoms with Crippen LogP contribution >= 0.6 is 7.91 Å². The van der Waals surface area contributed by atoms with Gasteiger partial charge in [0, 0.05) is 1.43 Å². The van der Waals surface area contributed by atoms with Crippen molar-refractivity contribution in [1.29, 1.82) is 0 Å². The number of aromatic nitrogens is 4. The Kier molecular flexibility index (Phi) is 6.49. The minimum atomic E-state index is -3.04.